The number of carbonyl (C=O) groups excluding carboxylic acids is 2. The molecule has 28 heavy (non-hydrogen) atoms. The lowest BCUT2D eigenvalue weighted by Crippen LogP contribution is -2.32. The van der Waals surface area contributed by atoms with Crippen LogP contribution in [0.1, 0.15) is 24.1 Å². The SMILES string of the molecule is CCOc1cccc(/C(O)=C2\C(=O)C(=O)N(CCOC)[C@@H]2c2ccncc2)c1. The molecular weight excluding hydrogens is 360 g/mol. The maximum atomic E-state index is 12.8. The van der Waals surface area contributed by atoms with Crippen molar-refractivity contribution >= 4 is 17.4 Å². The van der Waals surface area contributed by atoms with Gasteiger partial charge >= 0.3 is 0 Å². The van der Waals surface area contributed by atoms with Crippen molar-refractivity contribution in [3.05, 3.63) is 65.5 Å². The average Bonchev–Trinajstić information content (AvgIpc) is 2.97. The van der Waals surface area contributed by atoms with Gasteiger partial charge in [0.1, 0.15) is 11.5 Å². The molecule has 0 aliphatic carbocycles. The molecule has 1 N–H and O–H groups in total. The zero-order valence-corrected chi connectivity index (χ0v) is 15.8. The molecule has 0 unspecified atom stereocenters. The van der Waals surface area contributed by atoms with Gasteiger partial charge in [0, 0.05) is 31.6 Å². The number of hydrogen-bond acceptors (Lipinski definition) is 6. The molecule has 1 amide bonds. The van der Waals surface area contributed by atoms with Gasteiger partial charge in [0.25, 0.3) is 11.7 Å². The Labute approximate surface area is 163 Å². The second-order valence-electron chi connectivity index (χ2n) is 6.23. The molecule has 0 spiro atoms. The summed E-state index contributed by atoms with van der Waals surface area (Å²) < 4.78 is 10.6. The highest BCUT2D eigenvalue weighted by atomic mass is 16.5. The molecule has 1 saturated heterocycles. The molecule has 2 heterocycles. The zero-order chi connectivity index (χ0) is 20.1. The van der Waals surface area contributed by atoms with Crippen molar-refractivity contribution < 1.29 is 24.2 Å². The second kappa shape index (κ2) is 8.67. The number of hydrogen-bond donors (Lipinski definition) is 1. The van der Waals surface area contributed by atoms with E-state index < -0.39 is 17.7 Å². The molecule has 1 atom stereocenters. The summed E-state index contributed by atoms with van der Waals surface area (Å²) >= 11 is 0. The minimum atomic E-state index is -0.725. The number of rotatable bonds is 7. The van der Waals surface area contributed by atoms with Crippen LogP contribution in [0.5, 0.6) is 5.75 Å². The Bertz CT molecular complexity index is 895. The third-order valence-electron chi connectivity index (χ3n) is 4.52. The van der Waals surface area contributed by atoms with E-state index in [0.717, 1.165) is 0 Å². The van der Waals surface area contributed by atoms with Crippen LogP contribution >= 0.6 is 0 Å². The predicted octanol–water partition coefficient (Wildman–Crippen LogP) is 2.55. The number of aliphatic hydroxyl groups excluding tert-OH is 1. The molecule has 0 saturated carbocycles. The minimum absolute atomic E-state index is 0.0425. The van der Waals surface area contributed by atoms with Crippen LogP contribution in [0.4, 0.5) is 0 Å². The molecule has 1 fully saturated rings. The van der Waals surface area contributed by atoms with Gasteiger partial charge in [-0.2, -0.15) is 0 Å². The number of pyridine rings is 1. The maximum absolute atomic E-state index is 12.8. The van der Waals surface area contributed by atoms with Gasteiger partial charge < -0.3 is 19.5 Å². The zero-order valence-electron chi connectivity index (χ0n) is 15.8. The summed E-state index contributed by atoms with van der Waals surface area (Å²) in [4.78, 5) is 30.8. The number of methoxy groups -OCH3 is 1. The van der Waals surface area contributed by atoms with E-state index in [0.29, 0.717) is 23.5 Å². The van der Waals surface area contributed by atoms with Crippen LogP contribution < -0.4 is 4.74 Å². The number of ketones is 1. The summed E-state index contributed by atoms with van der Waals surface area (Å²) in [7, 11) is 1.53. The number of Topliss-reactive ketones (excluding diaryl/α,β-unsaturated/α-hetero) is 1. The molecule has 7 heteroatoms. The molecule has 0 radical (unpaired) electrons. The number of aliphatic hydroxyl groups is 1. The van der Waals surface area contributed by atoms with Crippen molar-refractivity contribution in [2.45, 2.75) is 13.0 Å². The van der Waals surface area contributed by atoms with Gasteiger partial charge in [0.2, 0.25) is 0 Å². The van der Waals surface area contributed by atoms with Crippen LogP contribution in [-0.4, -0.2) is 53.5 Å². The van der Waals surface area contributed by atoms with Gasteiger partial charge in [0.05, 0.1) is 24.8 Å². The van der Waals surface area contributed by atoms with E-state index in [4.69, 9.17) is 9.47 Å². The molecule has 7 nitrogen and oxygen atoms in total. The summed E-state index contributed by atoms with van der Waals surface area (Å²) in [5.41, 5.74) is 1.14. The Kier molecular flexibility index (Phi) is 6.06. The summed E-state index contributed by atoms with van der Waals surface area (Å²) in [5, 5.41) is 11.0. The lowest BCUT2D eigenvalue weighted by atomic mass is 9.96. The van der Waals surface area contributed by atoms with Gasteiger partial charge in [-0.15, -0.1) is 0 Å². The number of amides is 1. The first-order valence-corrected chi connectivity index (χ1v) is 8.99. The third kappa shape index (κ3) is 3.75. The molecule has 1 aromatic heterocycles. The van der Waals surface area contributed by atoms with Gasteiger partial charge in [0.15, 0.2) is 0 Å². The van der Waals surface area contributed by atoms with Crippen LogP contribution in [0.15, 0.2) is 54.4 Å². The van der Waals surface area contributed by atoms with E-state index in [1.54, 1.807) is 48.8 Å². The maximum Gasteiger partial charge on any atom is 0.295 e. The average molecular weight is 382 g/mol. The molecule has 146 valence electrons. The number of carbonyl (C=O) groups is 2. The summed E-state index contributed by atoms with van der Waals surface area (Å²) in [6.45, 7) is 2.83. The Morgan fingerprint density at radius 1 is 1.21 bits per heavy atom. The molecule has 2 aromatic rings. The van der Waals surface area contributed by atoms with E-state index in [9.17, 15) is 14.7 Å². The Hall–Kier alpha value is -3.19. The Balaban J connectivity index is 2.12. The summed E-state index contributed by atoms with van der Waals surface area (Å²) in [6.07, 6.45) is 3.17. The first-order valence-electron chi connectivity index (χ1n) is 8.99. The van der Waals surface area contributed by atoms with Crippen molar-refractivity contribution in [2.24, 2.45) is 0 Å². The fraction of sp³-hybridized carbons (Fsp3) is 0.286. The molecule has 1 aliphatic rings. The predicted molar refractivity (Wildman–Crippen MR) is 103 cm³/mol. The smallest absolute Gasteiger partial charge is 0.295 e. The van der Waals surface area contributed by atoms with E-state index in [-0.39, 0.29) is 24.5 Å². The fourth-order valence-electron chi connectivity index (χ4n) is 3.25. The monoisotopic (exact) mass is 382 g/mol. The van der Waals surface area contributed by atoms with Gasteiger partial charge in [-0.3, -0.25) is 14.6 Å². The second-order valence-corrected chi connectivity index (χ2v) is 6.23. The largest absolute Gasteiger partial charge is 0.507 e. The van der Waals surface area contributed by atoms with Crippen LogP contribution in [-0.2, 0) is 14.3 Å². The lowest BCUT2D eigenvalue weighted by Gasteiger charge is -2.24. The summed E-state index contributed by atoms with van der Waals surface area (Å²) in [5.74, 6) is -1.05. The van der Waals surface area contributed by atoms with Gasteiger partial charge in [-0.25, -0.2) is 0 Å². The van der Waals surface area contributed by atoms with Crippen molar-refractivity contribution in [2.75, 3.05) is 26.9 Å². The molecule has 3 rings (SSSR count). The molecule has 1 aromatic carbocycles. The van der Waals surface area contributed by atoms with Gasteiger partial charge in [-0.05, 0) is 36.8 Å². The number of likely N-dealkylation sites (tertiary alicyclic amines) is 1. The third-order valence-corrected chi connectivity index (χ3v) is 4.52. The number of ether oxygens (including phenoxy) is 2. The summed E-state index contributed by atoms with van der Waals surface area (Å²) in [6, 6.07) is 9.53. The molecular formula is C21H22N2O5. The van der Waals surface area contributed by atoms with Crippen LogP contribution in [0.2, 0.25) is 0 Å². The fourth-order valence-corrected chi connectivity index (χ4v) is 3.25. The minimum Gasteiger partial charge on any atom is -0.507 e. The quantitative estimate of drug-likeness (QED) is 0.450. The van der Waals surface area contributed by atoms with Crippen LogP contribution in [0.3, 0.4) is 0 Å². The molecule has 1 aliphatic heterocycles. The van der Waals surface area contributed by atoms with Crippen molar-refractivity contribution in [1.82, 2.24) is 9.88 Å². The van der Waals surface area contributed by atoms with E-state index in [1.807, 2.05) is 6.92 Å². The highest BCUT2D eigenvalue weighted by Crippen LogP contribution is 2.39. The lowest BCUT2D eigenvalue weighted by molar-refractivity contribution is -0.140. The van der Waals surface area contributed by atoms with Crippen molar-refractivity contribution in [3.63, 3.8) is 0 Å². The first kappa shape index (κ1) is 19.6. The number of benzene rings is 1. The Morgan fingerprint density at radius 3 is 2.64 bits per heavy atom. The van der Waals surface area contributed by atoms with Gasteiger partial charge in [-0.1, -0.05) is 12.1 Å². The normalized spacial score (nSPS) is 18.5. The van der Waals surface area contributed by atoms with E-state index in [2.05, 4.69) is 4.98 Å². The van der Waals surface area contributed by atoms with Crippen LogP contribution in [0, 0.1) is 0 Å². The standard InChI is InChI=1S/C21H22N2O5/c1-3-28-16-6-4-5-15(13-16)19(24)17-18(14-7-9-22-10-8-14)23(11-12-27-2)21(26)20(17)25/h4-10,13,18,24H,3,11-12H2,1-2H3/b19-17+/t18-/m1/s1. The van der Waals surface area contributed by atoms with Crippen molar-refractivity contribution in [3.8, 4) is 5.75 Å². The van der Waals surface area contributed by atoms with E-state index in [1.165, 1.54) is 12.0 Å². The number of aromatic nitrogens is 1. The number of nitrogens with zero attached hydrogens (tertiary/aromatic N) is 2. The van der Waals surface area contributed by atoms with Crippen LogP contribution in [0.25, 0.3) is 5.76 Å². The topological polar surface area (TPSA) is 89.0 Å². The Morgan fingerprint density at radius 2 is 1.96 bits per heavy atom. The van der Waals surface area contributed by atoms with E-state index >= 15 is 0 Å². The first-order chi connectivity index (χ1) is 13.6. The van der Waals surface area contributed by atoms with Crippen molar-refractivity contribution in [1.29, 1.82) is 0 Å². The highest BCUT2D eigenvalue weighted by molar-refractivity contribution is 6.46. The molecule has 0 bridgehead atoms. The highest BCUT2D eigenvalue weighted by Gasteiger charge is 2.45.